The molecule has 0 saturated carbocycles. The number of rotatable bonds is 4. The van der Waals surface area contributed by atoms with Gasteiger partial charge in [0.1, 0.15) is 5.75 Å². The van der Waals surface area contributed by atoms with E-state index in [1.54, 1.807) is 0 Å². The molecule has 2 saturated heterocycles. The van der Waals surface area contributed by atoms with Crippen LogP contribution in [0.2, 0.25) is 0 Å². The van der Waals surface area contributed by atoms with E-state index in [-0.39, 0.29) is 30.3 Å². The van der Waals surface area contributed by atoms with Gasteiger partial charge in [0.05, 0.1) is 6.04 Å². The van der Waals surface area contributed by atoms with Crippen LogP contribution in [0, 0.1) is 5.92 Å². The van der Waals surface area contributed by atoms with Gasteiger partial charge in [-0.1, -0.05) is 18.2 Å². The van der Waals surface area contributed by atoms with Crippen LogP contribution in [0.15, 0.2) is 24.3 Å². The van der Waals surface area contributed by atoms with Crippen LogP contribution in [0.1, 0.15) is 31.2 Å². The fraction of sp³-hybridized carbons (Fsp3) is 0.600. The molecule has 3 unspecified atom stereocenters. The molecule has 2 amide bonds. The van der Waals surface area contributed by atoms with Crippen LogP contribution in [0.3, 0.4) is 0 Å². The van der Waals surface area contributed by atoms with Crippen molar-refractivity contribution < 1.29 is 14.3 Å². The molecule has 3 aliphatic rings. The second kappa shape index (κ2) is 8.93. The van der Waals surface area contributed by atoms with Gasteiger partial charge in [-0.25, -0.2) is 0 Å². The highest BCUT2D eigenvalue weighted by Crippen LogP contribution is 2.29. The molecule has 2 N–H and O–H groups in total. The molecule has 6 nitrogen and oxygen atoms in total. The summed E-state index contributed by atoms with van der Waals surface area (Å²) in [5.74, 6) is 1.33. The second-order valence-electron chi connectivity index (χ2n) is 7.60. The van der Waals surface area contributed by atoms with E-state index < -0.39 is 6.10 Å². The zero-order chi connectivity index (χ0) is 17.9. The van der Waals surface area contributed by atoms with Gasteiger partial charge in [0.2, 0.25) is 5.91 Å². The lowest BCUT2D eigenvalue weighted by Gasteiger charge is -2.34. The van der Waals surface area contributed by atoms with Crippen molar-refractivity contribution >= 4 is 24.2 Å². The van der Waals surface area contributed by atoms with E-state index in [4.69, 9.17) is 4.74 Å². The third kappa shape index (κ3) is 4.55. The van der Waals surface area contributed by atoms with Gasteiger partial charge in [-0.2, -0.15) is 0 Å². The van der Waals surface area contributed by atoms with Crippen LogP contribution in [0.5, 0.6) is 5.75 Å². The first-order chi connectivity index (χ1) is 12.7. The molecule has 7 heteroatoms. The minimum absolute atomic E-state index is 0. The standard InChI is InChI=1S/C20H27N3O3.ClH/c24-19(16-7-3-9-21-16)22-12-14-5-4-10-23(13-14)20(25)18-11-15-6-1-2-8-17(15)26-18;/h1-2,6,8,14,16,18,21H,3-5,7,9-13H2,(H,22,24);1H. The summed E-state index contributed by atoms with van der Waals surface area (Å²) in [5, 5.41) is 6.29. The molecule has 0 radical (unpaired) electrons. The van der Waals surface area contributed by atoms with Gasteiger partial charge < -0.3 is 20.3 Å². The maximum atomic E-state index is 12.9. The molecule has 4 rings (SSSR count). The van der Waals surface area contributed by atoms with Gasteiger partial charge in [-0.3, -0.25) is 9.59 Å². The summed E-state index contributed by atoms with van der Waals surface area (Å²) >= 11 is 0. The quantitative estimate of drug-likeness (QED) is 0.813. The van der Waals surface area contributed by atoms with Crippen LogP contribution in [-0.2, 0) is 16.0 Å². The van der Waals surface area contributed by atoms with Gasteiger partial charge in [0, 0.05) is 26.1 Å². The van der Waals surface area contributed by atoms with Crippen molar-refractivity contribution in [2.75, 3.05) is 26.2 Å². The number of nitrogens with one attached hydrogen (secondary N) is 2. The van der Waals surface area contributed by atoms with E-state index in [1.165, 1.54) is 0 Å². The molecule has 2 fully saturated rings. The molecule has 1 aromatic carbocycles. The Morgan fingerprint density at radius 3 is 2.85 bits per heavy atom. The van der Waals surface area contributed by atoms with Crippen molar-refractivity contribution in [1.82, 2.24) is 15.5 Å². The molecule has 0 bridgehead atoms. The van der Waals surface area contributed by atoms with Crippen molar-refractivity contribution in [2.24, 2.45) is 5.92 Å². The lowest BCUT2D eigenvalue weighted by atomic mass is 9.97. The van der Waals surface area contributed by atoms with E-state index in [0.29, 0.717) is 25.4 Å². The maximum absolute atomic E-state index is 12.9. The van der Waals surface area contributed by atoms with Crippen molar-refractivity contribution in [1.29, 1.82) is 0 Å². The number of carbonyl (C=O) groups is 2. The smallest absolute Gasteiger partial charge is 0.264 e. The molecular weight excluding hydrogens is 366 g/mol. The summed E-state index contributed by atoms with van der Waals surface area (Å²) in [6.07, 6.45) is 4.26. The first-order valence-electron chi connectivity index (χ1n) is 9.75. The maximum Gasteiger partial charge on any atom is 0.264 e. The van der Waals surface area contributed by atoms with Gasteiger partial charge in [-0.15, -0.1) is 12.4 Å². The number of para-hydroxylation sites is 1. The molecular formula is C20H28ClN3O3. The molecule has 0 aromatic heterocycles. The zero-order valence-electron chi connectivity index (χ0n) is 15.5. The van der Waals surface area contributed by atoms with Crippen molar-refractivity contribution in [3.8, 4) is 5.75 Å². The van der Waals surface area contributed by atoms with Crippen LogP contribution >= 0.6 is 12.4 Å². The molecule has 0 aliphatic carbocycles. The average Bonchev–Trinajstić information content (AvgIpc) is 3.35. The second-order valence-corrected chi connectivity index (χ2v) is 7.60. The number of likely N-dealkylation sites (tertiary alicyclic amines) is 1. The molecule has 1 aromatic rings. The number of ether oxygens (including phenoxy) is 1. The number of hydrogen-bond acceptors (Lipinski definition) is 4. The summed E-state index contributed by atoms with van der Waals surface area (Å²) in [6.45, 7) is 3.05. The topological polar surface area (TPSA) is 70.7 Å². The highest BCUT2D eigenvalue weighted by atomic mass is 35.5. The Hall–Kier alpha value is -1.79. The largest absolute Gasteiger partial charge is 0.480 e. The van der Waals surface area contributed by atoms with Gasteiger partial charge in [0.25, 0.3) is 5.91 Å². The highest BCUT2D eigenvalue weighted by molar-refractivity contribution is 5.85. The van der Waals surface area contributed by atoms with E-state index in [0.717, 1.165) is 50.1 Å². The zero-order valence-corrected chi connectivity index (χ0v) is 16.3. The summed E-state index contributed by atoms with van der Waals surface area (Å²) in [4.78, 5) is 27.0. The predicted molar refractivity (Wildman–Crippen MR) is 105 cm³/mol. The Kier molecular flexibility index (Phi) is 6.60. The summed E-state index contributed by atoms with van der Waals surface area (Å²) in [5.41, 5.74) is 1.11. The third-order valence-electron chi connectivity index (χ3n) is 5.70. The van der Waals surface area contributed by atoms with Gasteiger partial charge >= 0.3 is 0 Å². The summed E-state index contributed by atoms with van der Waals surface area (Å²) < 4.78 is 5.85. The highest BCUT2D eigenvalue weighted by Gasteiger charge is 2.34. The first kappa shape index (κ1) is 20.0. The fourth-order valence-corrected chi connectivity index (χ4v) is 4.23. The Bertz CT molecular complexity index is 653. The number of piperidine rings is 1. The number of carbonyl (C=O) groups excluding carboxylic acids is 2. The van der Waals surface area contributed by atoms with Crippen molar-refractivity contribution in [3.05, 3.63) is 29.8 Å². The molecule has 148 valence electrons. The number of nitrogens with zero attached hydrogens (tertiary/aromatic N) is 1. The third-order valence-corrected chi connectivity index (χ3v) is 5.70. The lowest BCUT2D eigenvalue weighted by molar-refractivity contribution is -0.139. The molecule has 3 atom stereocenters. The van der Waals surface area contributed by atoms with Crippen LogP contribution < -0.4 is 15.4 Å². The number of fused-ring (bicyclic) bond motifs is 1. The Morgan fingerprint density at radius 1 is 1.22 bits per heavy atom. The summed E-state index contributed by atoms with van der Waals surface area (Å²) in [7, 11) is 0. The van der Waals surface area contributed by atoms with E-state index in [2.05, 4.69) is 10.6 Å². The lowest BCUT2D eigenvalue weighted by Crippen LogP contribution is -2.49. The van der Waals surface area contributed by atoms with Crippen molar-refractivity contribution in [3.63, 3.8) is 0 Å². The van der Waals surface area contributed by atoms with Gasteiger partial charge in [-0.05, 0) is 49.8 Å². The van der Waals surface area contributed by atoms with Crippen LogP contribution in [0.4, 0.5) is 0 Å². The molecule has 0 spiro atoms. The predicted octanol–water partition coefficient (Wildman–Crippen LogP) is 1.52. The SMILES string of the molecule is Cl.O=C(NCC1CCCN(C(=O)C2Cc3ccccc3O2)C1)C1CCCN1. The number of amides is 2. The van der Waals surface area contributed by atoms with Gasteiger partial charge in [0.15, 0.2) is 6.10 Å². The number of hydrogen-bond donors (Lipinski definition) is 2. The van der Waals surface area contributed by atoms with E-state index in [1.807, 2.05) is 29.2 Å². The molecule has 27 heavy (non-hydrogen) atoms. The van der Waals surface area contributed by atoms with E-state index in [9.17, 15) is 9.59 Å². The fourth-order valence-electron chi connectivity index (χ4n) is 4.23. The van der Waals surface area contributed by atoms with E-state index >= 15 is 0 Å². The van der Waals surface area contributed by atoms with Crippen LogP contribution in [-0.4, -0.2) is 55.0 Å². The average molecular weight is 394 g/mol. The van der Waals surface area contributed by atoms with Crippen molar-refractivity contribution in [2.45, 2.75) is 44.2 Å². The Labute approximate surface area is 166 Å². The monoisotopic (exact) mass is 393 g/mol. The minimum atomic E-state index is -0.400. The Balaban J connectivity index is 0.00000210. The number of benzene rings is 1. The minimum Gasteiger partial charge on any atom is -0.480 e. The molecule has 3 heterocycles. The Morgan fingerprint density at radius 2 is 2.07 bits per heavy atom. The molecule has 3 aliphatic heterocycles. The number of halogens is 1. The normalized spacial score (nSPS) is 26.7. The van der Waals surface area contributed by atoms with Crippen LogP contribution in [0.25, 0.3) is 0 Å². The summed E-state index contributed by atoms with van der Waals surface area (Å²) in [6, 6.07) is 7.82. The first-order valence-corrected chi connectivity index (χ1v) is 9.75.